The van der Waals surface area contributed by atoms with Crippen molar-refractivity contribution in [2.75, 3.05) is 0 Å². The van der Waals surface area contributed by atoms with Crippen LogP contribution in [0.3, 0.4) is 0 Å². The molecule has 0 saturated carbocycles. The van der Waals surface area contributed by atoms with Gasteiger partial charge in [-0.3, -0.25) is 4.68 Å². The van der Waals surface area contributed by atoms with Crippen LogP contribution in [-0.4, -0.2) is 39.2 Å². The number of hydrogen-bond donors (Lipinski definition) is 3. The Kier molecular flexibility index (Phi) is 4.04. The lowest BCUT2D eigenvalue weighted by Gasteiger charge is -2.53. The molecule has 2 aliphatic heterocycles. The first-order valence-electron chi connectivity index (χ1n) is 8.67. The van der Waals surface area contributed by atoms with Crippen LogP contribution < -0.4 is 10.5 Å². The Balaban J connectivity index is 1.78. The molecule has 1 aromatic heterocycles. The lowest BCUT2D eigenvalue weighted by atomic mass is 9.66. The molecule has 2 aromatic rings. The van der Waals surface area contributed by atoms with E-state index in [0.717, 1.165) is 30.5 Å². The summed E-state index contributed by atoms with van der Waals surface area (Å²) in [6.45, 7) is 2.18. The van der Waals surface area contributed by atoms with Gasteiger partial charge in [0.1, 0.15) is 0 Å². The number of aryl methyl sites for hydroxylation is 1. The largest absolute Gasteiger partial charge is 0.557 e. The fourth-order valence-corrected chi connectivity index (χ4v) is 7.18. The van der Waals surface area contributed by atoms with Crippen LogP contribution in [0, 0.1) is 0 Å². The Hall–Kier alpha value is -1.25. The Morgan fingerprint density at radius 1 is 1.36 bits per heavy atom. The number of halogens is 1. The average Bonchev–Trinajstić information content (AvgIpc) is 2.98. The van der Waals surface area contributed by atoms with E-state index in [-0.39, 0.29) is 11.5 Å². The molecule has 25 heavy (non-hydrogen) atoms. The fourth-order valence-electron chi connectivity index (χ4n) is 4.65. The van der Waals surface area contributed by atoms with Crippen molar-refractivity contribution < 1.29 is 9.59 Å². The van der Waals surface area contributed by atoms with E-state index in [1.807, 2.05) is 25.4 Å². The van der Waals surface area contributed by atoms with Crippen LogP contribution in [0.15, 0.2) is 24.4 Å². The van der Waals surface area contributed by atoms with E-state index >= 15 is 0 Å². The molecule has 0 aliphatic carbocycles. The van der Waals surface area contributed by atoms with Crippen molar-refractivity contribution in [3.05, 3.63) is 40.7 Å². The van der Waals surface area contributed by atoms with Crippen LogP contribution in [0.25, 0.3) is 0 Å². The number of nitrogens with zero attached hydrogens (tertiary/aromatic N) is 3. The smallest absolute Gasteiger partial charge is 0.153 e. The van der Waals surface area contributed by atoms with Gasteiger partial charge in [-0.2, -0.15) is 0 Å². The third-order valence-electron chi connectivity index (χ3n) is 5.69. The topological polar surface area (TPSA) is 83.2 Å². The van der Waals surface area contributed by atoms with Gasteiger partial charge < -0.3 is 14.9 Å². The summed E-state index contributed by atoms with van der Waals surface area (Å²) < 4.78 is 1.72. The highest BCUT2D eigenvalue weighted by molar-refractivity contribution is 6.79. The summed E-state index contributed by atoms with van der Waals surface area (Å²) in [7, 11) is -1.54. The molecule has 0 radical (unpaired) electrons. The minimum atomic E-state index is -3.41. The van der Waals surface area contributed by atoms with Crippen LogP contribution in [0.4, 0.5) is 0 Å². The lowest BCUT2D eigenvalue weighted by Crippen LogP contribution is -2.60. The van der Waals surface area contributed by atoms with Crippen LogP contribution in [0.5, 0.6) is 0 Å². The highest BCUT2D eigenvalue weighted by Crippen LogP contribution is 2.47. The van der Waals surface area contributed by atoms with Crippen molar-refractivity contribution in [3.8, 4) is 0 Å². The standard InChI is InChI=1S/C17H23ClN4O2Si/c1-11-8-17(9-14(19-11)15-10-22(2)21-20-15)5-6-25(23,24)16-7-12(18)3-4-13(16)17/h3-4,7,10-11,14,19,23-24H,5-6,8-9H2,1-2H3/q-1/t11-,14-,17?/m0/s1. The molecule has 0 bridgehead atoms. The summed E-state index contributed by atoms with van der Waals surface area (Å²) in [6, 6.07) is 6.47. The quantitative estimate of drug-likeness (QED) is 0.651. The van der Waals surface area contributed by atoms with Gasteiger partial charge in [-0.25, -0.2) is 0 Å². The lowest BCUT2D eigenvalue weighted by molar-refractivity contribution is 0.192. The van der Waals surface area contributed by atoms with E-state index in [9.17, 15) is 9.59 Å². The number of hydrogen-bond acceptors (Lipinski definition) is 5. The minimum Gasteiger partial charge on any atom is -0.557 e. The van der Waals surface area contributed by atoms with E-state index in [1.165, 1.54) is 0 Å². The minimum absolute atomic E-state index is 0.0886. The molecule has 1 unspecified atom stereocenters. The van der Waals surface area contributed by atoms with Crippen molar-refractivity contribution in [2.45, 2.75) is 49.7 Å². The molecule has 2 aliphatic rings. The van der Waals surface area contributed by atoms with E-state index < -0.39 is 8.56 Å². The maximum atomic E-state index is 10.6. The first kappa shape index (κ1) is 17.2. The number of aromatic nitrogens is 3. The third kappa shape index (κ3) is 2.94. The molecular formula is C17H23ClN4O2Si-. The van der Waals surface area contributed by atoms with Crippen LogP contribution in [0.1, 0.15) is 43.5 Å². The average molecular weight is 379 g/mol. The number of piperidine rings is 1. The van der Waals surface area contributed by atoms with Crippen molar-refractivity contribution >= 4 is 25.3 Å². The summed E-state index contributed by atoms with van der Waals surface area (Å²) in [5.74, 6) is 0. The van der Waals surface area contributed by atoms with Crippen LogP contribution in [-0.2, 0) is 12.5 Å². The number of benzene rings is 1. The zero-order valence-corrected chi connectivity index (χ0v) is 16.2. The van der Waals surface area contributed by atoms with Gasteiger partial charge in [-0.15, -0.1) is 16.3 Å². The van der Waals surface area contributed by atoms with E-state index in [2.05, 4.69) is 22.6 Å². The first-order valence-corrected chi connectivity index (χ1v) is 11.1. The van der Waals surface area contributed by atoms with Crippen molar-refractivity contribution in [2.24, 2.45) is 7.05 Å². The highest BCUT2D eigenvalue weighted by atomic mass is 35.5. The summed E-state index contributed by atoms with van der Waals surface area (Å²) in [4.78, 5) is 21.2. The second kappa shape index (κ2) is 5.89. The van der Waals surface area contributed by atoms with Gasteiger partial charge in [0.15, 0.2) is 8.56 Å². The first-order chi connectivity index (χ1) is 11.8. The van der Waals surface area contributed by atoms with Crippen LogP contribution >= 0.6 is 11.6 Å². The molecule has 135 valence electrons. The molecule has 1 saturated heterocycles. The molecule has 3 N–H and O–H groups in total. The second-order valence-corrected chi connectivity index (χ2v) is 10.7. The fraction of sp³-hybridized carbons (Fsp3) is 0.529. The molecule has 3 heterocycles. The SMILES string of the molecule is C[C@H]1CC2(CC[Si-](O)(O)c3cc(Cl)ccc32)C[C@@H](c2cn(C)nn2)N1. The van der Waals surface area contributed by atoms with Crippen molar-refractivity contribution in [1.29, 1.82) is 0 Å². The molecule has 4 rings (SSSR count). The molecule has 1 spiro atoms. The molecule has 1 fully saturated rings. The monoisotopic (exact) mass is 378 g/mol. The predicted molar refractivity (Wildman–Crippen MR) is 98.0 cm³/mol. The molecule has 8 heteroatoms. The maximum absolute atomic E-state index is 10.6. The zero-order chi connectivity index (χ0) is 17.8. The van der Waals surface area contributed by atoms with Gasteiger partial charge in [-0.05, 0) is 31.2 Å². The summed E-state index contributed by atoms with van der Waals surface area (Å²) >= 11 is 6.15. The van der Waals surface area contributed by atoms with Gasteiger partial charge in [0, 0.05) is 24.3 Å². The summed E-state index contributed by atoms with van der Waals surface area (Å²) in [5, 5.41) is 13.2. The van der Waals surface area contributed by atoms with Gasteiger partial charge in [0.2, 0.25) is 0 Å². The Morgan fingerprint density at radius 3 is 2.88 bits per heavy atom. The Bertz CT molecular complexity index is 812. The van der Waals surface area contributed by atoms with Gasteiger partial charge in [-0.1, -0.05) is 40.9 Å². The third-order valence-corrected chi connectivity index (χ3v) is 8.15. The highest BCUT2D eigenvalue weighted by Gasteiger charge is 2.46. The second-order valence-electron chi connectivity index (χ2n) is 7.63. The zero-order valence-electron chi connectivity index (χ0n) is 14.4. The van der Waals surface area contributed by atoms with Gasteiger partial charge in [0.05, 0.1) is 11.7 Å². The summed E-state index contributed by atoms with van der Waals surface area (Å²) in [5.41, 5.74) is 1.91. The molecule has 0 amide bonds. The Morgan fingerprint density at radius 2 is 2.16 bits per heavy atom. The number of fused-ring (bicyclic) bond motifs is 2. The van der Waals surface area contributed by atoms with Crippen LogP contribution in [0.2, 0.25) is 11.1 Å². The molecular weight excluding hydrogens is 356 g/mol. The van der Waals surface area contributed by atoms with E-state index in [4.69, 9.17) is 11.6 Å². The van der Waals surface area contributed by atoms with E-state index in [0.29, 0.717) is 22.3 Å². The molecule has 1 aromatic carbocycles. The summed E-state index contributed by atoms with van der Waals surface area (Å²) in [6.07, 6.45) is 4.56. The molecule has 6 nitrogen and oxygen atoms in total. The normalized spacial score (nSPS) is 31.1. The molecule has 3 atom stereocenters. The van der Waals surface area contributed by atoms with E-state index in [1.54, 1.807) is 10.7 Å². The van der Waals surface area contributed by atoms with Gasteiger partial charge in [0.25, 0.3) is 0 Å². The van der Waals surface area contributed by atoms with Crippen molar-refractivity contribution in [3.63, 3.8) is 0 Å². The van der Waals surface area contributed by atoms with Gasteiger partial charge >= 0.3 is 0 Å². The number of nitrogens with one attached hydrogen (secondary N) is 1. The predicted octanol–water partition coefficient (Wildman–Crippen LogP) is 1.26. The maximum Gasteiger partial charge on any atom is 0.153 e. The van der Waals surface area contributed by atoms with Crippen molar-refractivity contribution in [1.82, 2.24) is 20.3 Å². The number of rotatable bonds is 1. The Labute approximate surface area is 153 Å².